The van der Waals surface area contributed by atoms with Crippen molar-refractivity contribution >= 4 is 11.6 Å². The fourth-order valence-electron chi connectivity index (χ4n) is 2.13. The number of halogens is 1. The number of benzene rings is 1. The lowest BCUT2D eigenvalue weighted by atomic mass is 10.1. The predicted molar refractivity (Wildman–Crippen MR) is 62.3 cm³/mol. The number of carbonyl (C=O) groups excluding carboxylic acids is 1. The Hall–Kier alpha value is -1.46. The molecule has 2 N–H and O–H groups in total. The Labute approximate surface area is 99.0 Å². The van der Waals surface area contributed by atoms with Gasteiger partial charge < -0.3 is 15.3 Å². The summed E-state index contributed by atoms with van der Waals surface area (Å²) < 4.78 is 13.2. The zero-order valence-corrected chi connectivity index (χ0v) is 9.61. The summed E-state index contributed by atoms with van der Waals surface area (Å²) in [7, 11) is 0. The molecule has 1 amide bonds. The zero-order chi connectivity index (χ0) is 12.4. The van der Waals surface area contributed by atoms with Gasteiger partial charge in [-0.3, -0.25) is 4.79 Å². The van der Waals surface area contributed by atoms with Gasteiger partial charge in [-0.05, 0) is 18.7 Å². The Morgan fingerprint density at radius 1 is 1.53 bits per heavy atom. The first kappa shape index (κ1) is 12.0. The number of aliphatic hydroxyl groups excluding tert-OH is 1. The first-order valence-corrected chi connectivity index (χ1v) is 5.64. The number of hydrogen-bond acceptors (Lipinski definition) is 3. The average Bonchev–Trinajstić information content (AvgIpc) is 2.55. The molecule has 92 valence electrons. The monoisotopic (exact) mass is 238 g/mol. The molecule has 5 heteroatoms. The van der Waals surface area contributed by atoms with Crippen molar-refractivity contribution in [1.82, 2.24) is 5.32 Å². The quantitative estimate of drug-likeness (QED) is 0.816. The summed E-state index contributed by atoms with van der Waals surface area (Å²) in [6.45, 7) is 2.61. The molecule has 0 radical (unpaired) electrons. The van der Waals surface area contributed by atoms with E-state index < -0.39 is 6.04 Å². The van der Waals surface area contributed by atoms with Gasteiger partial charge in [0, 0.05) is 12.1 Å². The molecule has 0 saturated heterocycles. The van der Waals surface area contributed by atoms with Crippen LogP contribution in [0.2, 0.25) is 0 Å². The smallest absolute Gasteiger partial charge is 0.248 e. The molecule has 0 spiro atoms. The molecule has 1 aliphatic heterocycles. The first-order valence-electron chi connectivity index (χ1n) is 5.64. The van der Waals surface area contributed by atoms with Crippen LogP contribution in [0, 0.1) is 5.82 Å². The largest absolute Gasteiger partial charge is 0.395 e. The molecule has 0 saturated carbocycles. The van der Waals surface area contributed by atoms with Crippen LogP contribution in [0.25, 0.3) is 0 Å². The van der Waals surface area contributed by atoms with Crippen molar-refractivity contribution in [3.8, 4) is 0 Å². The molecular formula is C12H15FN2O2. The molecule has 1 aromatic carbocycles. The third-order valence-electron chi connectivity index (χ3n) is 2.84. The third-order valence-corrected chi connectivity index (χ3v) is 2.84. The number of rotatable bonds is 4. The molecule has 0 aromatic heterocycles. The second kappa shape index (κ2) is 4.81. The molecule has 17 heavy (non-hydrogen) atoms. The minimum atomic E-state index is -0.429. The molecule has 0 aliphatic carbocycles. The molecule has 1 aromatic rings. The van der Waals surface area contributed by atoms with E-state index in [9.17, 15) is 9.18 Å². The summed E-state index contributed by atoms with van der Waals surface area (Å²) in [5.41, 5.74) is 1.32. The lowest BCUT2D eigenvalue weighted by molar-refractivity contribution is -0.120. The number of amides is 1. The van der Waals surface area contributed by atoms with Crippen molar-refractivity contribution in [2.45, 2.75) is 13.0 Å². The maximum absolute atomic E-state index is 13.2. The fraction of sp³-hybridized carbons (Fsp3) is 0.417. The van der Waals surface area contributed by atoms with Crippen LogP contribution in [0.15, 0.2) is 18.2 Å². The van der Waals surface area contributed by atoms with E-state index in [1.54, 1.807) is 6.07 Å². The predicted octanol–water partition coefficient (Wildman–Crippen LogP) is 0.815. The average molecular weight is 238 g/mol. The highest BCUT2D eigenvalue weighted by Gasteiger charge is 2.36. The van der Waals surface area contributed by atoms with E-state index in [2.05, 4.69) is 5.32 Å². The van der Waals surface area contributed by atoms with Crippen molar-refractivity contribution in [3.05, 3.63) is 29.6 Å². The Kier molecular flexibility index (Phi) is 3.40. The number of likely N-dealkylation sites (N-methyl/N-ethyl adjacent to an activating group) is 1. The molecule has 1 aliphatic rings. The van der Waals surface area contributed by atoms with Crippen LogP contribution in [0.3, 0.4) is 0 Å². The minimum Gasteiger partial charge on any atom is -0.395 e. The molecule has 1 heterocycles. The van der Waals surface area contributed by atoms with Crippen LogP contribution in [0.4, 0.5) is 10.1 Å². The third kappa shape index (κ3) is 2.03. The normalized spacial score (nSPS) is 18.6. The van der Waals surface area contributed by atoms with E-state index in [1.165, 1.54) is 17.0 Å². The lowest BCUT2D eigenvalue weighted by Crippen LogP contribution is -2.36. The molecule has 4 nitrogen and oxygen atoms in total. The minimum absolute atomic E-state index is 0.137. The molecular weight excluding hydrogens is 223 g/mol. The van der Waals surface area contributed by atoms with Gasteiger partial charge in [0.25, 0.3) is 0 Å². The van der Waals surface area contributed by atoms with Gasteiger partial charge in [-0.1, -0.05) is 13.0 Å². The van der Waals surface area contributed by atoms with E-state index in [0.29, 0.717) is 12.2 Å². The highest BCUT2D eigenvalue weighted by molar-refractivity contribution is 6.04. The summed E-state index contributed by atoms with van der Waals surface area (Å²) in [5.74, 6) is -0.516. The van der Waals surface area contributed by atoms with Gasteiger partial charge in [-0.2, -0.15) is 0 Å². The Morgan fingerprint density at radius 2 is 2.29 bits per heavy atom. The van der Waals surface area contributed by atoms with Crippen LogP contribution in [-0.2, 0) is 4.79 Å². The van der Waals surface area contributed by atoms with E-state index >= 15 is 0 Å². The number of nitrogens with zero attached hydrogens (tertiary/aromatic N) is 1. The van der Waals surface area contributed by atoms with E-state index in [0.717, 1.165) is 5.56 Å². The van der Waals surface area contributed by atoms with Gasteiger partial charge in [0.2, 0.25) is 5.91 Å². The summed E-state index contributed by atoms with van der Waals surface area (Å²) in [5, 5.41) is 12.0. The number of hydrogen-bond donors (Lipinski definition) is 2. The summed E-state index contributed by atoms with van der Waals surface area (Å²) in [6.07, 6.45) is 0. The topological polar surface area (TPSA) is 52.6 Å². The Balaban J connectivity index is 2.41. The van der Waals surface area contributed by atoms with Gasteiger partial charge in [0.15, 0.2) is 0 Å². The lowest BCUT2D eigenvalue weighted by Gasteiger charge is -2.16. The van der Waals surface area contributed by atoms with Crippen LogP contribution >= 0.6 is 0 Å². The Bertz CT molecular complexity index is 437. The van der Waals surface area contributed by atoms with Gasteiger partial charge >= 0.3 is 0 Å². The SMILES string of the molecule is CCNC1C(=O)N(CCO)c2cc(F)ccc21. The first-order chi connectivity index (χ1) is 8.19. The van der Waals surface area contributed by atoms with Crippen molar-refractivity contribution < 1.29 is 14.3 Å². The van der Waals surface area contributed by atoms with Crippen LogP contribution in [0.5, 0.6) is 0 Å². The Morgan fingerprint density at radius 3 is 2.94 bits per heavy atom. The number of aliphatic hydroxyl groups is 1. The highest BCUT2D eigenvalue weighted by atomic mass is 19.1. The van der Waals surface area contributed by atoms with Crippen molar-refractivity contribution in [1.29, 1.82) is 0 Å². The van der Waals surface area contributed by atoms with Gasteiger partial charge in [0.05, 0.1) is 12.3 Å². The van der Waals surface area contributed by atoms with Crippen molar-refractivity contribution in [3.63, 3.8) is 0 Å². The summed E-state index contributed by atoms with van der Waals surface area (Å²) in [4.78, 5) is 13.5. The zero-order valence-electron chi connectivity index (χ0n) is 9.61. The second-order valence-electron chi connectivity index (χ2n) is 3.91. The van der Waals surface area contributed by atoms with Crippen molar-refractivity contribution in [2.75, 3.05) is 24.6 Å². The van der Waals surface area contributed by atoms with E-state index in [-0.39, 0.29) is 24.9 Å². The molecule has 0 fully saturated rings. The molecule has 2 rings (SSSR count). The fourth-order valence-corrected chi connectivity index (χ4v) is 2.13. The van der Waals surface area contributed by atoms with Crippen molar-refractivity contribution in [2.24, 2.45) is 0 Å². The second-order valence-corrected chi connectivity index (χ2v) is 3.91. The van der Waals surface area contributed by atoms with Crippen LogP contribution in [-0.4, -0.2) is 30.7 Å². The summed E-state index contributed by atoms with van der Waals surface area (Å²) >= 11 is 0. The van der Waals surface area contributed by atoms with Gasteiger partial charge in [-0.15, -0.1) is 0 Å². The number of anilines is 1. The number of nitrogens with one attached hydrogen (secondary N) is 1. The maximum atomic E-state index is 13.2. The number of fused-ring (bicyclic) bond motifs is 1. The highest BCUT2D eigenvalue weighted by Crippen LogP contribution is 2.35. The molecule has 1 unspecified atom stereocenters. The maximum Gasteiger partial charge on any atom is 0.248 e. The molecule has 0 bridgehead atoms. The number of β-amino-alcohol motifs (C(OH)–C–C–N with tert-alkyl or cyclic N) is 1. The van der Waals surface area contributed by atoms with E-state index in [4.69, 9.17) is 5.11 Å². The van der Waals surface area contributed by atoms with Crippen LogP contribution in [0.1, 0.15) is 18.5 Å². The van der Waals surface area contributed by atoms with Gasteiger partial charge in [-0.25, -0.2) is 4.39 Å². The molecule has 1 atom stereocenters. The number of carbonyl (C=O) groups is 1. The summed E-state index contributed by atoms with van der Waals surface area (Å²) in [6, 6.07) is 3.87. The van der Waals surface area contributed by atoms with Crippen LogP contribution < -0.4 is 10.2 Å². The van der Waals surface area contributed by atoms with Gasteiger partial charge in [0.1, 0.15) is 11.9 Å². The standard InChI is InChI=1S/C12H15FN2O2/c1-2-14-11-9-4-3-8(13)7-10(9)15(5-6-16)12(11)17/h3-4,7,11,14,16H,2,5-6H2,1H3. The van der Waals surface area contributed by atoms with E-state index in [1.807, 2.05) is 6.92 Å².